The lowest BCUT2D eigenvalue weighted by Crippen LogP contribution is -2.47. The molecule has 0 heterocycles. The number of halogens is 1. The van der Waals surface area contributed by atoms with Gasteiger partial charge in [-0.1, -0.05) is 26.2 Å². The number of hydrogen-bond acceptors (Lipinski definition) is 4. The molecule has 19 heavy (non-hydrogen) atoms. The number of carbonyl (C=O) groups is 1. The second kappa shape index (κ2) is 8.76. The fourth-order valence-electron chi connectivity index (χ4n) is 2.46. The predicted molar refractivity (Wildman–Crippen MR) is 79.1 cm³/mol. The van der Waals surface area contributed by atoms with E-state index in [2.05, 4.69) is 5.32 Å². The van der Waals surface area contributed by atoms with Gasteiger partial charge in [-0.3, -0.25) is 4.79 Å². The number of carbonyl (C=O) groups excluding carboxylic acids is 1. The Bertz CT molecular complexity index is 367. The first-order valence-corrected chi connectivity index (χ1v) is 8.50. The van der Waals surface area contributed by atoms with E-state index >= 15 is 0 Å². The molecule has 1 fully saturated rings. The minimum Gasteiger partial charge on any atom is -0.351 e. The molecule has 0 bridgehead atoms. The van der Waals surface area contributed by atoms with Crippen LogP contribution in [0.15, 0.2) is 0 Å². The molecule has 1 saturated carbocycles. The summed E-state index contributed by atoms with van der Waals surface area (Å²) in [5.74, 6) is -0.445. The van der Waals surface area contributed by atoms with Crippen LogP contribution in [-0.2, 0) is 14.6 Å². The second-order valence-electron chi connectivity index (χ2n) is 4.98. The van der Waals surface area contributed by atoms with Crippen LogP contribution in [0.2, 0.25) is 0 Å². The Balaban J connectivity index is 0.00000324. The Kier molecular flexibility index (Phi) is 8.61. The van der Waals surface area contributed by atoms with Crippen molar-refractivity contribution in [3.8, 4) is 0 Å². The average molecular weight is 313 g/mol. The van der Waals surface area contributed by atoms with Gasteiger partial charge < -0.3 is 11.1 Å². The molecule has 0 aromatic carbocycles. The molecule has 0 radical (unpaired) electrons. The van der Waals surface area contributed by atoms with Gasteiger partial charge in [0.2, 0.25) is 5.91 Å². The molecule has 1 rings (SSSR count). The van der Waals surface area contributed by atoms with E-state index in [0.717, 1.165) is 12.8 Å². The van der Waals surface area contributed by atoms with E-state index in [1.807, 2.05) is 0 Å². The highest BCUT2D eigenvalue weighted by Gasteiger charge is 2.25. The maximum Gasteiger partial charge on any atom is 0.235 e. The molecule has 0 aromatic rings. The summed E-state index contributed by atoms with van der Waals surface area (Å²) in [5.41, 5.74) is 5.68. The summed E-state index contributed by atoms with van der Waals surface area (Å²) >= 11 is 0. The van der Waals surface area contributed by atoms with Crippen molar-refractivity contribution in [1.82, 2.24) is 5.32 Å². The quantitative estimate of drug-likeness (QED) is 0.761. The Morgan fingerprint density at radius 1 is 1.32 bits per heavy atom. The maximum absolute atomic E-state index is 11.7. The first kappa shape index (κ1) is 18.7. The van der Waals surface area contributed by atoms with Gasteiger partial charge in [-0.2, -0.15) is 0 Å². The van der Waals surface area contributed by atoms with Gasteiger partial charge in [0.05, 0.1) is 0 Å². The van der Waals surface area contributed by atoms with E-state index in [9.17, 15) is 13.2 Å². The summed E-state index contributed by atoms with van der Waals surface area (Å²) in [4.78, 5) is 11.7. The predicted octanol–water partition coefficient (Wildman–Crippen LogP) is 0.867. The van der Waals surface area contributed by atoms with Crippen LogP contribution < -0.4 is 11.1 Å². The highest BCUT2D eigenvalue weighted by Crippen LogP contribution is 2.26. The Labute approximate surface area is 122 Å². The monoisotopic (exact) mass is 312 g/mol. The van der Waals surface area contributed by atoms with Crippen molar-refractivity contribution in [2.75, 3.05) is 18.1 Å². The lowest BCUT2D eigenvalue weighted by atomic mass is 9.84. The molecular weight excluding hydrogens is 288 g/mol. The first-order chi connectivity index (χ1) is 8.48. The molecule has 1 unspecified atom stereocenters. The molecule has 7 heteroatoms. The summed E-state index contributed by atoms with van der Waals surface area (Å²) < 4.78 is 22.7. The van der Waals surface area contributed by atoms with Gasteiger partial charge >= 0.3 is 0 Å². The van der Waals surface area contributed by atoms with Crippen LogP contribution in [0, 0.1) is 5.92 Å². The number of nitrogens with one attached hydrogen (secondary N) is 1. The zero-order valence-electron chi connectivity index (χ0n) is 11.4. The van der Waals surface area contributed by atoms with E-state index in [1.165, 1.54) is 19.3 Å². The second-order valence-corrected chi connectivity index (χ2v) is 7.34. The van der Waals surface area contributed by atoms with Crippen LogP contribution >= 0.6 is 12.4 Å². The smallest absolute Gasteiger partial charge is 0.235 e. The Morgan fingerprint density at radius 2 is 1.89 bits per heavy atom. The van der Waals surface area contributed by atoms with Crippen LogP contribution in [0.5, 0.6) is 0 Å². The largest absolute Gasteiger partial charge is 0.351 e. The SMILES string of the molecule is CCS(=O)(=O)CC(=O)NC(CN)C1CCCCC1.Cl. The molecule has 0 aromatic heterocycles. The lowest BCUT2D eigenvalue weighted by Gasteiger charge is -2.30. The number of rotatable bonds is 6. The normalized spacial score (nSPS) is 18.4. The van der Waals surface area contributed by atoms with E-state index in [-0.39, 0.29) is 24.2 Å². The van der Waals surface area contributed by atoms with Gasteiger partial charge in [-0.05, 0) is 18.8 Å². The molecular formula is C12H25ClN2O3S. The molecule has 0 aliphatic heterocycles. The number of hydrogen-bond donors (Lipinski definition) is 2. The molecule has 114 valence electrons. The molecule has 5 nitrogen and oxygen atoms in total. The minimum absolute atomic E-state index is 0. The minimum atomic E-state index is -3.26. The molecule has 0 saturated heterocycles. The summed E-state index contributed by atoms with van der Waals surface area (Å²) in [6.45, 7) is 1.92. The number of amides is 1. The van der Waals surface area contributed by atoms with Gasteiger partial charge in [0.25, 0.3) is 0 Å². The molecule has 1 atom stereocenters. The van der Waals surface area contributed by atoms with Crippen molar-refractivity contribution in [3.63, 3.8) is 0 Å². The van der Waals surface area contributed by atoms with Crippen molar-refractivity contribution in [1.29, 1.82) is 0 Å². The topological polar surface area (TPSA) is 89.3 Å². The summed E-state index contributed by atoms with van der Waals surface area (Å²) in [7, 11) is -3.26. The third kappa shape index (κ3) is 6.58. The van der Waals surface area contributed by atoms with E-state index in [1.54, 1.807) is 6.92 Å². The van der Waals surface area contributed by atoms with Crippen LogP contribution in [0.1, 0.15) is 39.0 Å². The zero-order chi connectivity index (χ0) is 13.6. The van der Waals surface area contributed by atoms with Gasteiger partial charge in [0.15, 0.2) is 9.84 Å². The van der Waals surface area contributed by atoms with Crippen molar-refractivity contribution in [2.24, 2.45) is 11.7 Å². The zero-order valence-corrected chi connectivity index (χ0v) is 13.1. The lowest BCUT2D eigenvalue weighted by molar-refractivity contribution is -0.119. The van der Waals surface area contributed by atoms with Crippen LogP contribution in [0.25, 0.3) is 0 Å². The fraction of sp³-hybridized carbons (Fsp3) is 0.917. The van der Waals surface area contributed by atoms with E-state index in [4.69, 9.17) is 5.73 Å². The molecule has 1 amide bonds. The van der Waals surface area contributed by atoms with Gasteiger partial charge in [-0.15, -0.1) is 12.4 Å². The fourth-order valence-corrected chi connectivity index (χ4v) is 3.14. The van der Waals surface area contributed by atoms with Crippen molar-refractivity contribution in [2.45, 2.75) is 45.1 Å². The molecule has 0 spiro atoms. The third-order valence-corrected chi connectivity index (χ3v) is 5.19. The molecule has 1 aliphatic carbocycles. The summed E-state index contributed by atoms with van der Waals surface area (Å²) in [5, 5.41) is 2.78. The van der Waals surface area contributed by atoms with Crippen LogP contribution in [-0.4, -0.2) is 38.4 Å². The first-order valence-electron chi connectivity index (χ1n) is 6.68. The standard InChI is InChI=1S/C12H24N2O3S.ClH/c1-2-18(16,17)9-12(15)14-11(8-13)10-6-4-3-5-7-10;/h10-11H,2-9,13H2,1H3,(H,14,15);1H. The summed E-state index contributed by atoms with van der Waals surface area (Å²) in [6, 6.07) is -0.0788. The van der Waals surface area contributed by atoms with E-state index in [0.29, 0.717) is 12.5 Å². The van der Waals surface area contributed by atoms with Crippen LogP contribution in [0.4, 0.5) is 0 Å². The van der Waals surface area contributed by atoms with Crippen LogP contribution in [0.3, 0.4) is 0 Å². The van der Waals surface area contributed by atoms with Crippen molar-refractivity contribution in [3.05, 3.63) is 0 Å². The molecule has 1 aliphatic rings. The van der Waals surface area contributed by atoms with Gasteiger partial charge in [0.1, 0.15) is 5.75 Å². The Hall–Kier alpha value is -0.330. The van der Waals surface area contributed by atoms with E-state index < -0.39 is 21.5 Å². The molecule has 3 N–H and O–H groups in total. The number of nitrogens with two attached hydrogens (primary N) is 1. The third-order valence-electron chi connectivity index (χ3n) is 3.61. The van der Waals surface area contributed by atoms with Gasteiger partial charge in [0, 0.05) is 18.3 Å². The average Bonchev–Trinajstić information content (AvgIpc) is 2.36. The Morgan fingerprint density at radius 3 is 2.37 bits per heavy atom. The van der Waals surface area contributed by atoms with Gasteiger partial charge in [-0.25, -0.2) is 8.42 Å². The number of sulfone groups is 1. The highest BCUT2D eigenvalue weighted by atomic mass is 35.5. The highest BCUT2D eigenvalue weighted by molar-refractivity contribution is 7.92. The van der Waals surface area contributed by atoms with Crippen molar-refractivity contribution >= 4 is 28.2 Å². The maximum atomic E-state index is 11.7. The van der Waals surface area contributed by atoms with Crippen molar-refractivity contribution < 1.29 is 13.2 Å². The summed E-state index contributed by atoms with van der Waals surface area (Å²) in [6.07, 6.45) is 5.73.